The van der Waals surface area contributed by atoms with Crippen molar-refractivity contribution in [1.82, 2.24) is 19.5 Å². The zero-order chi connectivity index (χ0) is 28.9. The number of halogens is 4. The van der Waals surface area contributed by atoms with E-state index < -0.39 is 82.5 Å². The molecule has 2 aromatic carbocycles. The second-order valence-corrected chi connectivity index (χ2v) is 13.3. The Hall–Kier alpha value is -2.89. The summed E-state index contributed by atoms with van der Waals surface area (Å²) in [6, 6.07) is 8.94. The van der Waals surface area contributed by atoms with Crippen molar-refractivity contribution in [3.8, 4) is 11.4 Å². The number of hydrogen-bond donors (Lipinski definition) is 3. The summed E-state index contributed by atoms with van der Waals surface area (Å²) in [4.78, 5) is 25.2. The van der Waals surface area contributed by atoms with Gasteiger partial charge in [0.1, 0.15) is 6.10 Å². The van der Waals surface area contributed by atoms with Crippen molar-refractivity contribution >= 4 is 43.1 Å². The Morgan fingerprint density at radius 3 is 2.26 bits per heavy atom. The van der Waals surface area contributed by atoms with E-state index in [-0.39, 0.29) is 10.6 Å². The maximum absolute atomic E-state index is 13.1. The molecule has 210 valence electrons. The molecule has 1 aromatic heterocycles. The zero-order valence-corrected chi connectivity index (χ0v) is 22.7. The number of aromatic nitrogens is 3. The van der Waals surface area contributed by atoms with Crippen LogP contribution in [0.25, 0.3) is 5.69 Å². The van der Waals surface area contributed by atoms with Crippen LogP contribution in [-0.2, 0) is 19.9 Å². The molecule has 3 aromatic rings. The first kappa shape index (κ1) is 29.1. The Bertz CT molecular complexity index is 1750. The molecule has 1 heterocycles. The third-order valence-corrected chi connectivity index (χ3v) is 9.41. The van der Waals surface area contributed by atoms with Gasteiger partial charge in [-0.05, 0) is 24.3 Å². The standard InChI is InChI=1S/C21H18Cl2F2N4O8S2/c1-38(33,34)14-9-21(17(14)30,28-39(35,36)11-5-3-2-4-6-11)37-16-12(22)7-10(8-13(16)23)29-20(32)26-19(31)15(27-29)18(24)25/h2-8,14,17-18,28,30H,9H2,1H3,(H,26,31,32)/t14-,17+,21-/m1/s1. The van der Waals surface area contributed by atoms with Crippen LogP contribution in [0.3, 0.4) is 0 Å². The monoisotopic (exact) mass is 626 g/mol. The van der Waals surface area contributed by atoms with Gasteiger partial charge in [0.05, 0.1) is 25.9 Å². The predicted octanol–water partition coefficient (Wildman–Crippen LogP) is 1.40. The second kappa shape index (κ2) is 10.3. The van der Waals surface area contributed by atoms with E-state index in [0.29, 0.717) is 4.68 Å². The van der Waals surface area contributed by atoms with Crippen LogP contribution in [0.4, 0.5) is 8.78 Å². The summed E-state index contributed by atoms with van der Waals surface area (Å²) >= 11 is 12.5. The van der Waals surface area contributed by atoms with Gasteiger partial charge in [-0.1, -0.05) is 41.4 Å². The first-order valence-corrected chi connectivity index (χ1v) is 14.9. The zero-order valence-electron chi connectivity index (χ0n) is 19.5. The smallest absolute Gasteiger partial charge is 0.349 e. The molecule has 0 aliphatic heterocycles. The van der Waals surface area contributed by atoms with Crippen molar-refractivity contribution in [1.29, 1.82) is 0 Å². The van der Waals surface area contributed by atoms with Crippen LogP contribution in [0, 0.1) is 0 Å². The van der Waals surface area contributed by atoms with Crippen molar-refractivity contribution in [3.63, 3.8) is 0 Å². The number of sulfone groups is 1. The number of hydrogen-bond acceptors (Lipinski definition) is 9. The molecule has 1 saturated carbocycles. The molecule has 3 atom stereocenters. The number of aliphatic hydroxyl groups is 1. The minimum Gasteiger partial charge on any atom is -0.466 e. The minimum absolute atomic E-state index is 0.214. The van der Waals surface area contributed by atoms with Crippen molar-refractivity contribution in [2.75, 3.05) is 6.26 Å². The van der Waals surface area contributed by atoms with E-state index >= 15 is 0 Å². The molecule has 0 radical (unpaired) electrons. The number of aliphatic hydroxyl groups excluding tert-OH is 1. The van der Waals surface area contributed by atoms with Crippen LogP contribution >= 0.6 is 23.2 Å². The van der Waals surface area contributed by atoms with Gasteiger partial charge < -0.3 is 9.84 Å². The van der Waals surface area contributed by atoms with Gasteiger partial charge in [-0.2, -0.15) is 14.5 Å². The molecule has 1 aliphatic rings. The second-order valence-electron chi connectivity index (χ2n) is 8.52. The average molecular weight is 627 g/mol. The van der Waals surface area contributed by atoms with Crippen molar-refractivity contribution in [2.24, 2.45) is 0 Å². The number of nitrogens with one attached hydrogen (secondary N) is 2. The molecular formula is C21H18Cl2F2N4O8S2. The van der Waals surface area contributed by atoms with Gasteiger partial charge in [-0.15, -0.1) is 0 Å². The predicted molar refractivity (Wildman–Crippen MR) is 135 cm³/mol. The fourth-order valence-electron chi connectivity index (χ4n) is 3.85. The van der Waals surface area contributed by atoms with Crippen LogP contribution < -0.4 is 20.7 Å². The molecular weight excluding hydrogens is 609 g/mol. The topological polar surface area (TPSA) is 178 Å². The lowest BCUT2D eigenvalue weighted by atomic mass is 9.84. The third kappa shape index (κ3) is 5.57. The van der Waals surface area contributed by atoms with E-state index in [1.54, 1.807) is 11.1 Å². The van der Waals surface area contributed by atoms with Gasteiger partial charge in [0.25, 0.3) is 12.0 Å². The lowest BCUT2D eigenvalue weighted by molar-refractivity contribution is -0.129. The maximum Gasteiger partial charge on any atom is 0.349 e. The van der Waals surface area contributed by atoms with E-state index in [2.05, 4.69) is 9.82 Å². The number of alkyl halides is 2. The lowest BCUT2D eigenvalue weighted by Gasteiger charge is -2.50. The summed E-state index contributed by atoms with van der Waals surface area (Å²) in [5.41, 5.74) is -6.35. The van der Waals surface area contributed by atoms with Crippen molar-refractivity contribution < 1.29 is 35.5 Å². The number of rotatable bonds is 8. The van der Waals surface area contributed by atoms with Crippen molar-refractivity contribution in [3.05, 3.63) is 79.0 Å². The fraction of sp³-hybridized carbons (Fsp3) is 0.286. The molecule has 4 rings (SSSR count). The fourth-order valence-corrected chi connectivity index (χ4v) is 6.97. The average Bonchev–Trinajstić information content (AvgIpc) is 2.83. The highest BCUT2D eigenvalue weighted by Gasteiger charge is 2.62. The summed E-state index contributed by atoms with van der Waals surface area (Å²) < 4.78 is 84.9. The largest absolute Gasteiger partial charge is 0.466 e. The van der Waals surface area contributed by atoms with Gasteiger partial charge in [-0.25, -0.2) is 30.4 Å². The van der Waals surface area contributed by atoms with E-state index in [0.717, 1.165) is 18.4 Å². The molecule has 0 spiro atoms. The molecule has 0 amide bonds. The molecule has 0 unspecified atom stereocenters. The SMILES string of the molecule is CS(=O)(=O)[C@@H]1C[C@@](NS(=O)(=O)c2ccccc2)(Oc2c(Cl)cc(-n3nc(C(F)F)c(=O)[nH]c3=O)cc2Cl)[C@H]1O. The van der Waals surface area contributed by atoms with Crippen molar-refractivity contribution in [2.45, 2.75) is 34.8 Å². The number of sulfonamides is 1. The van der Waals surface area contributed by atoms with Crippen LogP contribution in [0.1, 0.15) is 18.5 Å². The van der Waals surface area contributed by atoms with E-state index in [9.17, 15) is 40.3 Å². The number of aromatic amines is 1. The number of nitrogens with zero attached hydrogens (tertiary/aromatic N) is 2. The number of ether oxygens (including phenoxy) is 1. The summed E-state index contributed by atoms with van der Waals surface area (Å²) in [5, 5.41) is 12.0. The van der Waals surface area contributed by atoms with E-state index in [1.807, 2.05) is 0 Å². The highest BCUT2D eigenvalue weighted by Crippen LogP contribution is 2.44. The maximum atomic E-state index is 13.1. The molecule has 12 nitrogen and oxygen atoms in total. The molecule has 1 aliphatic carbocycles. The van der Waals surface area contributed by atoms with Gasteiger partial charge in [0.15, 0.2) is 21.3 Å². The summed E-state index contributed by atoms with van der Waals surface area (Å²) in [6.45, 7) is 0. The van der Waals surface area contributed by atoms with E-state index in [4.69, 9.17) is 27.9 Å². The summed E-state index contributed by atoms with van der Waals surface area (Å²) in [5.74, 6) is -0.435. The Kier molecular flexibility index (Phi) is 7.65. The minimum atomic E-state index is -4.38. The third-order valence-electron chi connectivity index (χ3n) is 5.82. The van der Waals surface area contributed by atoms with Gasteiger partial charge in [-0.3, -0.25) is 9.78 Å². The number of benzene rings is 2. The molecule has 1 fully saturated rings. The quantitative estimate of drug-likeness (QED) is 0.312. The van der Waals surface area contributed by atoms with Crippen LogP contribution in [-0.4, -0.2) is 60.0 Å². The van der Waals surface area contributed by atoms with Gasteiger partial charge in [0.2, 0.25) is 15.7 Å². The Morgan fingerprint density at radius 2 is 1.74 bits per heavy atom. The molecule has 3 N–H and O–H groups in total. The van der Waals surface area contributed by atoms with Gasteiger partial charge in [0, 0.05) is 12.7 Å². The summed E-state index contributed by atoms with van der Waals surface area (Å²) in [6.07, 6.45) is -4.90. The Labute approximate surface area is 229 Å². The molecule has 18 heteroatoms. The van der Waals surface area contributed by atoms with E-state index in [1.165, 1.54) is 24.3 Å². The Balaban J connectivity index is 1.77. The van der Waals surface area contributed by atoms with Gasteiger partial charge >= 0.3 is 5.69 Å². The molecule has 39 heavy (non-hydrogen) atoms. The number of H-pyrrole nitrogens is 1. The highest BCUT2D eigenvalue weighted by molar-refractivity contribution is 7.91. The van der Waals surface area contributed by atoms with Crippen LogP contribution in [0.2, 0.25) is 10.0 Å². The molecule has 0 bridgehead atoms. The first-order valence-electron chi connectivity index (χ1n) is 10.7. The van der Waals surface area contributed by atoms with Crippen LogP contribution in [0.5, 0.6) is 5.75 Å². The Morgan fingerprint density at radius 1 is 1.15 bits per heavy atom. The first-order chi connectivity index (χ1) is 18.1. The lowest BCUT2D eigenvalue weighted by Crippen LogP contribution is -2.74. The molecule has 0 saturated heterocycles. The van der Waals surface area contributed by atoms with Crippen LogP contribution in [0.15, 0.2) is 56.9 Å². The normalized spacial score (nSPS) is 21.5. The summed E-state index contributed by atoms with van der Waals surface area (Å²) in [7, 11) is -8.23. The highest BCUT2D eigenvalue weighted by atomic mass is 35.5.